The van der Waals surface area contributed by atoms with Gasteiger partial charge in [0.25, 0.3) is 0 Å². The number of rotatable bonds is 12. The minimum atomic E-state index is -0.276. The van der Waals surface area contributed by atoms with Crippen molar-refractivity contribution >= 4 is 18.4 Å². The quantitative estimate of drug-likeness (QED) is 0.305. The van der Waals surface area contributed by atoms with E-state index in [1.54, 1.807) is 0 Å². The molecule has 18 heavy (non-hydrogen) atoms. The fourth-order valence-corrected chi connectivity index (χ4v) is 0.906. The fraction of sp³-hybridized carbons (Fsp3) is 0.900. The van der Waals surface area contributed by atoms with Gasteiger partial charge in [0.1, 0.15) is 0 Å². The number of nitrogens with two attached hydrogens (primary N) is 1. The van der Waals surface area contributed by atoms with E-state index in [-0.39, 0.29) is 24.8 Å². The Balaban J connectivity index is 0. The van der Waals surface area contributed by atoms with Crippen molar-refractivity contribution in [2.75, 3.05) is 53.4 Å². The molecule has 0 saturated carbocycles. The summed E-state index contributed by atoms with van der Waals surface area (Å²) in [5.74, 6) is 4.53. The molecule has 0 spiro atoms. The smallest absolute Gasteiger partial charge is 0.307 e. The first kappa shape index (κ1) is 19.9. The molecule has 0 saturated heterocycles. The highest BCUT2D eigenvalue weighted by atomic mass is 35.5. The van der Waals surface area contributed by atoms with Crippen molar-refractivity contribution < 1.29 is 28.6 Å². The van der Waals surface area contributed by atoms with E-state index in [4.69, 9.17) is 20.1 Å². The number of carbonyl (C=O) groups is 1. The summed E-state index contributed by atoms with van der Waals surface area (Å²) in [5, 5.41) is 0. The average molecular weight is 288 g/mol. The van der Waals surface area contributed by atoms with Crippen LogP contribution in [0.3, 0.4) is 0 Å². The molecular formula is C10H22ClNO6. The van der Waals surface area contributed by atoms with E-state index < -0.39 is 0 Å². The number of hydrogen-bond donors (Lipinski definition) is 1. The summed E-state index contributed by atoms with van der Waals surface area (Å²) in [6, 6.07) is 0. The van der Waals surface area contributed by atoms with Crippen molar-refractivity contribution in [3.8, 4) is 0 Å². The topological polar surface area (TPSA) is 89.2 Å². The fourth-order valence-electron chi connectivity index (χ4n) is 0.906. The zero-order valence-corrected chi connectivity index (χ0v) is 11.4. The third-order valence-corrected chi connectivity index (χ3v) is 1.77. The Kier molecular flexibility index (Phi) is 18.3. The molecule has 0 aromatic rings. The molecule has 0 amide bonds. The zero-order valence-electron chi connectivity index (χ0n) is 10.6. The number of methoxy groups -OCH3 is 1. The van der Waals surface area contributed by atoms with E-state index in [1.807, 2.05) is 0 Å². The van der Waals surface area contributed by atoms with Crippen LogP contribution in [-0.2, 0) is 28.6 Å². The minimum Gasteiger partial charge on any atom is -0.469 e. The lowest BCUT2D eigenvalue weighted by molar-refractivity contribution is -0.141. The van der Waals surface area contributed by atoms with Crippen molar-refractivity contribution in [3.05, 3.63) is 0 Å². The van der Waals surface area contributed by atoms with E-state index in [1.165, 1.54) is 7.11 Å². The van der Waals surface area contributed by atoms with Crippen LogP contribution < -0.4 is 5.90 Å². The number of halogens is 1. The van der Waals surface area contributed by atoms with Crippen molar-refractivity contribution in [2.24, 2.45) is 5.90 Å². The van der Waals surface area contributed by atoms with Crippen LogP contribution in [0.4, 0.5) is 0 Å². The number of hydrogen-bond acceptors (Lipinski definition) is 7. The Labute approximate surface area is 113 Å². The van der Waals surface area contributed by atoms with Gasteiger partial charge < -0.3 is 23.8 Å². The van der Waals surface area contributed by atoms with Crippen LogP contribution in [0.5, 0.6) is 0 Å². The summed E-state index contributed by atoms with van der Waals surface area (Å²) in [5.41, 5.74) is 0. The van der Waals surface area contributed by atoms with Gasteiger partial charge in [0.2, 0.25) is 0 Å². The highest BCUT2D eigenvalue weighted by Gasteiger charge is 1.98. The number of carbonyl (C=O) groups excluding carboxylic acids is 1. The van der Waals surface area contributed by atoms with Crippen molar-refractivity contribution in [1.82, 2.24) is 0 Å². The van der Waals surface area contributed by atoms with E-state index in [0.29, 0.717) is 46.2 Å². The predicted octanol–water partition coefficient (Wildman–Crippen LogP) is -0.0886. The summed E-state index contributed by atoms with van der Waals surface area (Å²) in [6.07, 6.45) is 0.263. The molecule has 0 aliphatic heterocycles. The molecule has 0 aliphatic carbocycles. The SMILES string of the molecule is COC(=O)CCOCCOCCOCCON.Cl. The Morgan fingerprint density at radius 1 is 0.889 bits per heavy atom. The van der Waals surface area contributed by atoms with Gasteiger partial charge in [0, 0.05) is 0 Å². The molecule has 0 unspecified atom stereocenters. The largest absolute Gasteiger partial charge is 0.469 e. The first-order valence-electron chi connectivity index (χ1n) is 5.43. The highest BCUT2D eigenvalue weighted by molar-refractivity contribution is 5.85. The molecule has 2 N–H and O–H groups in total. The molecular weight excluding hydrogens is 266 g/mol. The molecule has 7 nitrogen and oxygen atoms in total. The van der Waals surface area contributed by atoms with Crippen LogP contribution in [0.2, 0.25) is 0 Å². The molecule has 0 radical (unpaired) electrons. The standard InChI is InChI=1S/C10H21NO6.ClH/c1-13-10(12)2-3-14-4-5-15-6-7-16-8-9-17-11;/h2-9,11H2,1H3;1H. The molecule has 0 rings (SSSR count). The lowest BCUT2D eigenvalue weighted by Gasteiger charge is -2.06. The summed E-state index contributed by atoms with van der Waals surface area (Å²) >= 11 is 0. The van der Waals surface area contributed by atoms with Gasteiger partial charge in [-0.05, 0) is 0 Å². The molecule has 8 heteroatoms. The lowest BCUT2D eigenvalue weighted by atomic mass is 10.5. The third kappa shape index (κ3) is 15.6. The van der Waals surface area contributed by atoms with Gasteiger partial charge >= 0.3 is 5.97 Å². The molecule has 0 aliphatic rings. The van der Waals surface area contributed by atoms with Gasteiger partial charge in [0.15, 0.2) is 0 Å². The van der Waals surface area contributed by atoms with Crippen LogP contribution in [0.15, 0.2) is 0 Å². The normalized spacial score (nSPS) is 9.89. The van der Waals surface area contributed by atoms with Gasteiger partial charge in [0.05, 0.1) is 59.8 Å². The lowest BCUT2D eigenvalue weighted by Crippen LogP contribution is -2.13. The van der Waals surface area contributed by atoms with Gasteiger partial charge in [-0.1, -0.05) is 0 Å². The molecule has 0 atom stereocenters. The number of ether oxygens (including phenoxy) is 4. The summed E-state index contributed by atoms with van der Waals surface area (Å²) < 4.78 is 19.9. The van der Waals surface area contributed by atoms with Crippen molar-refractivity contribution in [2.45, 2.75) is 6.42 Å². The van der Waals surface area contributed by atoms with Gasteiger partial charge in [-0.25, -0.2) is 5.90 Å². The Morgan fingerprint density at radius 3 is 1.78 bits per heavy atom. The molecule has 0 aromatic carbocycles. The first-order chi connectivity index (χ1) is 8.31. The van der Waals surface area contributed by atoms with Gasteiger partial charge in [-0.2, -0.15) is 0 Å². The van der Waals surface area contributed by atoms with Crippen LogP contribution in [-0.4, -0.2) is 59.3 Å². The summed E-state index contributed by atoms with van der Waals surface area (Å²) in [6.45, 7) is 3.07. The molecule has 0 fully saturated rings. The van der Waals surface area contributed by atoms with Gasteiger partial charge in [-0.3, -0.25) is 4.79 Å². The Morgan fingerprint density at radius 2 is 1.33 bits per heavy atom. The van der Waals surface area contributed by atoms with Crippen LogP contribution >= 0.6 is 12.4 Å². The molecule has 0 heterocycles. The second kappa shape index (κ2) is 16.6. The monoisotopic (exact) mass is 287 g/mol. The maximum absolute atomic E-state index is 10.7. The maximum atomic E-state index is 10.7. The minimum absolute atomic E-state index is 0. The van der Waals surface area contributed by atoms with Crippen molar-refractivity contribution in [3.63, 3.8) is 0 Å². The second-order valence-electron chi connectivity index (χ2n) is 3.03. The summed E-state index contributed by atoms with van der Waals surface area (Å²) in [7, 11) is 1.35. The average Bonchev–Trinajstić information content (AvgIpc) is 2.35. The third-order valence-electron chi connectivity index (χ3n) is 1.77. The van der Waals surface area contributed by atoms with E-state index in [2.05, 4.69) is 9.57 Å². The number of esters is 1. The molecule has 0 bridgehead atoms. The summed E-state index contributed by atoms with van der Waals surface area (Å²) in [4.78, 5) is 15.0. The van der Waals surface area contributed by atoms with Crippen LogP contribution in [0, 0.1) is 0 Å². The van der Waals surface area contributed by atoms with E-state index >= 15 is 0 Å². The van der Waals surface area contributed by atoms with Crippen LogP contribution in [0.25, 0.3) is 0 Å². The van der Waals surface area contributed by atoms with Crippen molar-refractivity contribution in [1.29, 1.82) is 0 Å². The van der Waals surface area contributed by atoms with E-state index in [9.17, 15) is 4.79 Å². The van der Waals surface area contributed by atoms with Crippen LogP contribution in [0.1, 0.15) is 6.42 Å². The second-order valence-corrected chi connectivity index (χ2v) is 3.03. The molecule has 0 aromatic heterocycles. The van der Waals surface area contributed by atoms with Gasteiger partial charge in [-0.15, -0.1) is 12.4 Å². The zero-order chi connectivity index (χ0) is 12.8. The highest BCUT2D eigenvalue weighted by Crippen LogP contribution is 1.87. The maximum Gasteiger partial charge on any atom is 0.307 e. The molecule has 110 valence electrons. The Hall–Kier alpha value is -0.440. The van der Waals surface area contributed by atoms with E-state index in [0.717, 1.165) is 0 Å². The predicted molar refractivity (Wildman–Crippen MR) is 66.5 cm³/mol. The first-order valence-corrected chi connectivity index (χ1v) is 5.43. The Bertz CT molecular complexity index is 184.